The molecule has 1 aromatic heterocycles. The molecule has 3 rings (SSSR count). The Morgan fingerprint density at radius 2 is 1.96 bits per heavy atom. The number of benzene rings is 1. The number of carbonyl (C=O) groups is 1. The second-order valence-electron chi connectivity index (χ2n) is 6.97. The fourth-order valence-corrected chi connectivity index (χ4v) is 3.25. The van der Waals surface area contributed by atoms with Crippen LogP contribution in [0.15, 0.2) is 24.3 Å². The van der Waals surface area contributed by atoms with Gasteiger partial charge in [0.25, 0.3) is 5.91 Å². The number of nitrogens with one attached hydrogen (secondary N) is 1. The van der Waals surface area contributed by atoms with Gasteiger partial charge in [0.05, 0.1) is 5.52 Å². The number of carbonyl (C=O) groups excluding carboxylic acids is 1. The van der Waals surface area contributed by atoms with Crippen molar-refractivity contribution in [2.75, 3.05) is 46.3 Å². The van der Waals surface area contributed by atoms with E-state index in [9.17, 15) is 4.79 Å². The van der Waals surface area contributed by atoms with Crippen LogP contribution in [0.5, 0.6) is 0 Å². The zero-order valence-corrected chi connectivity index (χ0v) is 15.5. The highest BCUT2D eigenvalue weighted by molar-refractivity contribution is 6.04. The Morgan fingerprint density at radius 1 is 1.24 bits per heavy atom. The quantitative estimate of drug-likeness (QED) is 0.871. The Balaban J connectivity index is 1.66. The topological polar surface area (TPSA) is 53.4 Å². The summed E-state index contributed by atoms with van der Waals surface area (Å²) in [6.07, 6.45) is 0.982. The zero-order chi connectivity index (χ0) is 17.8. The molecule has 0 saturated carbocycles. The Bertz CT molecular complexity index is 718. The minimum atomic E-state index is -0.0765. The average molecular weight is 343 g/mol. The highest BCUT2D eigenvalue weighted by Crippen LogP contribution is 2.23. The summed E-state index contributed by atoms with van der Waals surface area (Å²) in [4.78, 5) is 17.4. The van der Waals surface area contributed by atoms with Crippen LogP contribution in [-0.2, 0) is 0 Å². The lowest BCUT2D eigenvalue weighted by Crippen LogP contribution is -2.46. The summed E-state index contributed by atoms with van der Waals surface area (Å²) in [5.74, 6) is -0.0765. The van der Waals surface area contributed by atoms with Crippen molar-refractivity contribution in [3.63, 3.8) is 0 Å². The van der Waals surface area contributed by atoms with Gasteiger partial charge in [0.1, 0.15) is 0 Å². The van der Waals surface area contributed by atoms with Crippen molar-refractivity contribution >= 4 is 16.8 Å². The molecular formula is C19H29N5O. The molecule has 0 radical (unpaired) electrons. The lowest BCUT2D eigenvalue weighted by atomic mass is 10.2. The summed E-state index contributed by atoms with van der Waals surface area (Å²) in [5, 5.41) is 8.60. The third-order valence-electron chi connectivity index (χ3n) is 5.15. The Kier molecular flexibility index (Phi) is 5.71. The Labute approximate surface area is 149 Å². The highest BCUT2D eigenvalue weighted by Gasteiger charge is 2.19. The normalized spacial score (nSPS) is 17.7. The molecule has 6 nitrogen and oxygen atoms in total. The van der Waals surface area contributed by atoms with Crippen molar-refractivity contribution in [2.24, 2.45) is 0 Å². The van der Waals surface area contributed by atoms with Crippen molar-refractivity contribution in [1.29, 1.82) is 0 Å². The molecule has 1 saturated heterocycles. The number of hydrogen-bond acceptors (Lipinski definition) is 4. The molecule has 136 valence electrons. The van der Waals surface area contributed by atoms with Crippen LogP contribution in [0.2, 0.25) is 0 Å². The molecule has 1 N–H and O–H groups in total. The van der Waals surface area contributed by atoms with Gasteiger partial charge >= 0.3 is 0 Å². The van der Waals surface area contributed by atoms with Crippen LogP contribution in [0.3, 0.4) is 0 Å². The molecule has 25 heavy (non-hydrogen) atoms. The first kappa shape index (κ1) is 17.9. The van der Waals surface area contributed by atoms with Gasteiger partial charge < -0.3 is 10.2 Å². The molecule has 2 aromatic rings. The minimum Gasteiger partial charge on any atom is -0.349 e. The van der Waals surface area contributed by atoms with E-state index in [1.165, 1.54) is 0 Å². The maximum Gasteiger partial charge on any atom is 0.272 e. The number of rotatable bonds is 6. The first-order valence-electron chi connectivity index (χ1n) is 9.26. The maximum absolute atomic E-state index is 12.7. The fourth-order valence-electron chi connectivity index (χ4n) is 3.25. The number of piperazine rings is 1. The summed E-state index contributed by atoms with van der Waals surface area (Å²) in [6.45, 7) is 10.1. The summed E-state index contributed by atoms with van der Waals surface area (Å²) in [6, 6.07) is 8.26. The van der Waals surface area contributed by atoms with Crippen LogP contribution in [-0.4, -0.2) is 71.8 Å². The largest absolute Gasteiger partial charge is 0.349 e. The third-order valence-corrected chi connectivity index (χ3v) is 5.15. The Morgan fingerprint density at radius 3 is 2.68 bits per heavy atom. The third kappa shape index (κ3) is 4.02. The molecular weight excluding hydrogens is 314 g/mol. The van der Waals surface area contributed by atoms with E-state index in [1.54, 1.807) is 0 Å². The van der Waals surface area contributed by atoms with Gasteiger partial charge in [-0.2, -0.15) is 5.10 Å². The van der Waals surface area contributed by atoms with E-state index in [-0.39, 0.29) is 11.9 Å². The molecule has 1 aliphatic heterocycles. The lowest BCUT2D eigenvalue weighted by molar-refractivity contribution is 0.0936. The van der Waals surface area contributed by atoms with Gasteiger partial charge in [-0.3, -0.25) is 14.4 Å². The molecule has 1 atom stereocenters. The number of likely N-dealkylation sites (N-methyl/N-ethyl adjacent to an activating group) is 1. The summed E-state index contributed by atoms with van der Waals surface area (Å²) in [7, 11) is 2.15. The van der Waals surface area contributed by atoms with Gasteiger partial charge in [-0.1, -0.05) is 25.1 Å². The van der Waals surface area contributed by atoms with Crippen molar-refractivity contribution in [2.45, 2.75) is 26.3 Å². The van der Waals surface area contributed by atoms with Gasteiger partial charge in [0.15, 0.2) is 5.69 Å². The SMILES string of the molecule is CCC(C)n1nc(C(=O)NCCN2CCN(C)CC2)c2ccccc21. The average Bonchev–Trinajstić information content (AvgIpc) is 3.02. The number of nitrogens with zero attached hydrogens (tertiary/aromatic N) is 4. The predicted octanol–water partition coefficient (Wildman–Crippen LogP) is 1.98. The monoisotopic (exact) mass is 343 g/mol. The first-order chi connectivity index (χ1) is 12.1. The van der Waals surface area contributed by atoms with Crippen LogP contribution in [0.4, 0.5) is 0 Å². The first-order valence-corrected chi connectivity index (χ1v) is 9.26. The molecule has 6 heteroatoms. The Hall–Kier alpha value is -1.92. The van der Waals surface area contributed by atoms with Gasteiger partial charge in [0, 0.05) is 50.7 Å². The smallest absolute Gasteiger partial charge is 0.272 e. The summed E-state index contributed by atoms with van der Waals surface area (Å²) >= 11 is 0. The summed E-state index contributed by atoms with van der Waals surface area (Å²) < 4.78 is 1.98. The molecule has 1 unspecified atom stereocenters. The van der Waals surface area contributed by atoms with Gasteiger partial charge in [-0.05, 0) is 26.5 Å². The van der Waals surface area contributed by atoms with Crippen LogP contribution in [0.1, 0.15) is 36.8 Å². The molecule has 0 bridgehead atoms. The zero-order valence-electron chi connectivity index (χ0n) is 15.5. The van der Waals surface area contributed by atoms with Crippen molar-refractivity contribution < 1.29 is 4.79 Å². The van der Waals surface area contributed by atoms with E-state index in [0.717, 1.165) is 50.0 Å². The molecule has 1 amide bonds. The highest BCUT2D eigenvalue weighted by atomic mass is 16.1. The van der Waals surface area contributed by atoms with E-state index in [4.69, 9.17) is 0 Å². The van der Waals surface area contributed by atoms with E-state index in [1.807, 2.05) is 28.9 Å². The van der Waals surface area contributed by atoms with E-state index >= 15 is 0 Å². The van der Waals surface area contributed by atoms with Gasteiger partial charge in [0.2, 0.25) is 0 Å². The summed E-state index contributed by atoms with van der Waals surface area (Å²) in [5.41, 5.74) is 1.57. The molecule has 1 aliphatic rings. The minimum absolute atomic E-state index is 0.0765. The van der Waals surface area contributed by atoms with Crippen LogP contribution in [0.25, 0.3) is 10.9 Å². The molecule has 1 fully saturated rings. The number of amides is 1. The number of hydrogen-bond donors (Lipinski definition) is 1. The lowest BCUT2D eigenvalue weighted by Gasteiger charge is -2.32. The van der Waals surface area contributed by atoms with Crippen molar-refractivity contribution in [1.82, 2.24) is 24.9 Å². The van der Waals surface area contributed by atoms with Crippen molar-refractivity contribution in [3.8, 4) is 0 Å². The molecule has 1 aromatic carbocycles. The fraction of sp³-hybridized carbons (Fsp3) is 0.579. The standard InChI is InChI=1S/C19H29N5O/c1-4-15(2)24-17-8-6-5-7-16(17)18(21-24)19(25)20-9-10-23-13-11-22(3)12-14-23/h5-8,15H,4,9-14H2,1-3H3,(H,20,25). The van der Waals surface area contributed by atoms with Gasteiger partial charge in [-0.25, -0.2) is 0 Å². The van der Waals surface area contributed by atoms with Crippen LogP contribution < -0.4 is 5.32 Å². The maximum atomic E-state index is 12.7. The van der Waals surface area contributed by atoms with Gasteiger partial charge in [-0.15, -0.1) is 0 Å². The number of fused-ring (bicyclic) bond motifs is 1. The second kappa shape index (κ2) is 7.97. The number of para-hydroxylation sites is 1. The van der Waals surface area contributed by atoms with Crippen LogP contribution in [0, 0.1) is 0 Å². The van der Waals surface area contributed by atoms with E-state index < -0.39 is 0 Å². The molecule has 0 aliphatic carbocycles. The van der Waals surface area contributed by atoms with Crippen molar-refractivity contribution in [3.05, 3.63) is 30.0 Å². The van der Waals surface area contributed by atoms with Crippen LogP contribution >= 0.6 is 0 Å². The van der Waals surface area contributed by atoms with E-state index in [0.29, 0.717) is 12.2 Å². The molecule has 0 spiro atoms. The molecule has 2 heterocycles. The van der Waals surface area contributed by atoms with E-state index in [2.05, 4.69) is 41.1 Å². The second-order valence-corrected chi connectivity index (χ2v) is 6.97. The number of aromatic nitrogens is 2. The predicted molar refractivity (Wildman–Crippen MR) is 101 cm³/mol.